The highest BCUT2D eigenvalue weighted by Gasteiger charge is 2.36. The lowest BCUT2D eigenvalue weighted by Crippen LogP contribution is -2.51. The van der Waals surface area contributed by atoms with Gasteiger partial charge in [-0.25, -0.2) is 0 Å². The number of ketones is 1. The zero-order chi connectivity index (χ0) is 8.55. The van der Waals surface area contributed by atoms with E-state index in [-0.39, 0.29) is 5.78 Å². The quantitative estimate of drug-likeness (QED) is 0.563. The van der Waals surface area contributed by atoms with Crippen molar-refractivity contribution in [2.75, 3.05) is 19.7 Å². The third-order valence-electron chi connectivity index (χ3n) is 2.82. The van der Waals surface area contributed by atoms with Crippen molar-refractivity contribution in [1.82, 2.24) is 5.32 Å². The Bertz CT molecular complexity index is 193. The van der Waals surface area contributed by atoms with Crippen molar-refractivity contribution in [1.29, 1.82) is 0 Å². The van der Waals surface area contributed by atoms with Gasteiger partial charge in [0.05, 0.1) is 6.10 Å². The molecular formula is C9H15NO2. The number of fused-ring (bicyclic) bond motifs is 1. The van der Waals surface area contributed by atoms with E-state index in [0.29, 0.717) is 31.0 Å². The monoisotopic (exact) mass is 169 g/mol. The highest BCUT2D eigenvalue weighted by molar-refractivity contribution is 5.80. The van der Waals surface area contributed by atoms with Gasteiger partial charge in [-0.1, -0.05) is 6.92 Å². The minimum absolute atomic E-state index is 0.257. The van der Waals surface area contributed by atoms with Gasteiger partial charge in [-0.3, -0.25) is 4.79 Å². The van der Waals surface area contributed by atoms with Crippen molar-refractivity contribution in [2.45, 2.75) is 19.4 Å². The largest absolute Gasteiger partial charge is 0.370 e. The van der Waals surface area contributed by atoms with E-state index in [0.717, 1.165) is 13.1 Å². The van der Waals surface area contributed by atoms with Crippen molar-refractivity contribution in [3.05, 3.63) is 0 Å². The number of rotatable bonds is 0. The summed E-state index contributed by atoms with van der Waals surface area (Å²) in [6, 6.07) is 0. The van der Waals surface area contributed by atoms with Gasteiger partial charge in [-0.2, -0.15) is 0 Å². The normalized spacial score (nSPS) is 42.4. The molecule has 0 bridgehead atoms. The van der Waals surface area contributed by atoms with Gasteiger partial charge in [-0.15, -0.1) is 0 Å². The minimum atomic E-state index is 0.257. The summed E-state index contributed by atoms with van der Waals surface area (Å²) in [6.07, 6.45) is 1.03. The molecule has 0 radical (unpaired) electrons. The van der Waals surface area contributed by atoms with Crippen LogP contribution in [-0.2, 0) is 9.53 Å². The van der Waals surface area contributed by atoms with Gasteiger partial charge >= 0.3 is 0 Å². The van der Waals surface area contributed by atoms with Crippen molar-refractivity contribution in [3.8, 4) is 0 Å². The maximum absolute atomic E-state index is 11.1. The number of hydrogen-bond acceptors (Lipinski definition) is 3. The molecule has 0 amide bonds. The Kier molecular flexibility index (Phi) is 2.15. The second kappa shape index (κ2) is 3.15. The maximum Gasteiger partial charge on any atom is 0.158 e. The first-order valence-corrected chi connectivity index (χ1v) is 4.61. The predicted octanol–water partition coefficient (Wildman–Crippen LogP) is 0.200. The van der Waals surface area contributed by atoms with Crippen LogP contribution in [0.1, 0.15) is 13.3 Å². The molecule has 2 rings (SSSR count). The summed E-state index contributed by atoms with van der Waals surface area (Å²) in [5, 5.41) is 3.32. The van der Waals surface area contributed by atoms with E-state index in [9.17, 15) is 4.79 Å². The first kappa shape index (κ1) is 8.20. The summed E-state index contributed by atoms with van der Waals surface area (Å²) in [6.45, 7) is 4.49. The molecule has 2 heterocycles. The van der Waals surface area contributed by atoms with Crippen LogP contribution in [0.15, 0.2) is 0 Å². The van der Waals surface area contributed by atoms with Crippen molar-refractivity contribution in [2.24, 2.45) is 11.8 Å². The molecule has 2 aliphatic heterocycles. The van der Waals surface area contributed by atoms with Crippen molar-refractivity contribution < 1.29 is 9.53 Å². The van der Waals surface area contributed by atoms with Gasteiger partial charge < -0.3 is 10.1 Å². The lowest BCUT2D eigenvalue weighted by Gasteiger charge is -2.39. The molecule has 3 nitrogen and oxygen atoms in total. The second-order valence-electron chi connectivity index (χ2n) is 3.91. The standard InChI is InChI=1S/C9H15NO2/c1-6-3-10-4-7-2-8(11)5-12-9(6)7/h6-7,9-10H,2-5H2,1H3/t6-,7+,9-/m0/s1. The van der Waals surface area contributed by atoms with Gasteiger partial charge in [0.15, 0.2) is 5.78 Å². The molecule has 0 saturated carbocycles. The number of Topliss-reactive ketones (excluding diaryl/α,β-unsaturated/α-hetero) is 1. The molecule has 68 valence electrons. The van der Waals surface area contributed by atoms with Crippen molar-refractivity contribution >= 4 is 5.78 Å². The lowest BCUT2D eigenvalue weighted by atomic mass is 9.83. The number of piperidine rings is 1. The Morgan fingerprint density at radius 3 is 3.17 bits per heavy atom. The molecule has 2 fully saturated rings. The molecule has 2 aliphatic rings. The average molecular weight is 169 g/mol. The number of hydrogen-bond donors (Lipinski definition) is 1. The zero-order valence-electron chi connectivity index (χ0n) is 7.38. The summed E-state index contributed by atoms with van der Waals surface area (Å²) < 4.78 is 5.52. The summed E-state index contributed by atoms with van der Waals surface area (Å²) in [5.41, 5.74) is 0. The van der Waals surface area contributed by atoms with E-state index in [4.69, 9.17) is 4.74 Å². The van der Waals surface area contributed by atoms with Gasteiger partial charge in [0, 0.05) is 25.4 Å². The van der Waals surface area contributed by atoms with E-state index in [1.165, 1.54) is 0 Å². The molecular weight excluding hydrogens is 154 g/mol. The first-order chi connectivity index (χ1) is 5.77. The number of carbonyl (C=O) groups is 1. The Hall–Kier alpha value is -0.410. The van der Waals surface area contributed by atoms with Crippen LogP contribution in [0.2, 0.25) is 0 Å². The summed E-state index contributed by atoms with van der Waals surface area (Å²) >= 11 is 0. The van der Waals surface area contributed by atoms with Gasteiger partial charge in [0.25, 0.3) is 0 Å². The fraction of sp³-hybridized carbons (Fsp3) is 0.889. The van der Waals surface area contributed by atoms with Gasteiger partial charge in [-0.05, 0) is 5.92 Å². The molecule has 1 N–H and O–H groups in total. The predicted molar refractivity (Wildman–Crippen MR) is 44.9 cm³/mol. The molecule has 0 spiro atoms. The molecule has 0 aromatic heterocycles. The molecule has 0 aliphatic carbocycles. The molecule has 2 saturated heterocycles. The Balaban J connectivity index is 2.04. The second-order valence-corrected chi connectivity index (χ2v) is 3.91. The van der Waals surface area contributed by atoms with Crippen LogP contribution in [0.3, 0.4) is 0 Å². The van der Waals surface area contributed by atoms with E-state index in [1.807, 2.05) is 0 Å². The SMILES string of the molecule is C[C@H]1CNC[C@H]2CC(=O)CO[C@H]21. The van der Waals surface area contributed by atoms with E-state index >= 15 is 0 Å². The van der Waals surface area contributed by atoms with Crippen LogP contribution in [-0.4, -0.2) is 31.6 Å². The molecule has 0 aromatic carbocycles. The van der Waals surface area contributed by atoms with Crippen LogP contribution in [0.5, 0.6) is 0 Å². The Labute approximate surface area is 72.5 Å². The number of ether oxygens (including phenoxy) is 1. The lowest BCUT2D eigenvalue weighted by molar-refractivity contribution is -0.141. The smallest absolute Gasteiger partial charge is 0.158 e. The zero-order valence-corrected chi connectivity index (χ0v) is 7.38. The summed E-state index contributed by atoms with van der Waals surface area (Å²) in [5.74, 6) is 1.24. The minimum Gasteiger partial charge on any atom is -0.370 e. The van der Waals surface area contributed by atoms with E-state index < -0.39 is 0 Å². The highest BCUT2D eigenvalue weighted by Crippen LogP contribution is 2.26. The van der Waals surface area contributed by atoms with Gasteiger partial charge in [0.1, 0.15) is 6.61 Å². The van der Waals surface area contributed by atoms with Crippen LogP contribution in [0, 0.1) is 11.8 Å². The molecule has 3 atom stereocenters. The highest BCUT2D eigenvalue weighted by atomic mass is 16.5. The summed E-state index contributed by atoms with van der Waals surface area (Å²) in [7, 11) is 0. The maximum atomic E-state index is 11.1. The van der Waals surface area contributed by atoms with Crippen molar-refractivity contribution in [3.63, 3.8) is 0 Å². The Morgan fingerprint density at radius 1 is 1.50 bits per heavy atom. The number of carbonyl (C=O) groups excluding carboxylic acids is 1. The summed E-state index contributed by atoms with van der Waals surface area (Å²) in [4.78, 5) is 11.1. The van der Waals surface area contributed by atoms with Crippen LogP contribution in [0.4, 0.5) is 0 Å². The topological polar surface area (TPSA) is 38.3 Å². The van der Waals surface area contributed by atoms with Crippen LogP contribution < -0.4 is 5.32 Å². The van der Waals surface area contributed by atoms with E-state index in [2.05, 4.69) is 12.2 Å². The third kappa shape index (κ3) is 1.39. The molecule has 12 heavy (non-hydrogen) atoms. The molecule has 0 unspecified atom stereocenters. The average Bonchev–Trinajstić information content (AvgIpc) is 2.04. The molecule has 0 aromatic rings. The fourth-order valence-corrected chi connectivity index (χ4v) is 2.22. The van der Waals surface area contributed by atoms with Gasteiger partial charge in [0.2, 0.25) is 0 Å². The Morgan fingerprint density at radius 2 is 2.33 bits per heavy atom. The van der Waals surface area contributed by atoms with Crippen LogP contribution >= 0.6 is 0 Å². The fourth-order valence-electron chi connectivity index (χ4n) is 2.22. The van der Waals surface area contributed by atoms with Crippen LogP contribution in [0.25, 0.3) is 0 Å². The number of nitrogens with one attached hydrogen (secondary N) is 1. The third-order valence-corrected chi connectivity index (χ3v) is 2.82. The molecule has 3 heteroatoms. The van der Waals surface area contributed by atoms with E-state index in [1.54, 1.807) is 0 Å². The first-order valence-electron chi connectivity index (χ1n) is 4.61.